The number of nitrogens with zero attached hydrogens (tertiary/aromatic N) is 1. The molecule has 1 aliphatic carbocycles. The van der Waals surface area contributed by atoms with Gasteiger partial charge in [-0.25, -0.2) is 15.2 Å². The first-order chi connectivity index (χ1) is 8.69. The number of hydrogen-bond acceptors (Lipinski definition) is 2. The molecule has 1 aromatic rings. The maximum atomic E-state index is 13.2. The second-order valence-electron chi connectivity index (χ2n) is 4.31. The summed E-state index contributed by atoms with van der Waals surface area (Å²) in [6.45, 7) is 0. The zero-order valence-corrected chi connectivity index (χ0v) is 11.5. The largest absolute Gasteiger partial charge is 0.324 e. The highest BCUT2D eigenvalue weighted by Gasteiger charge is 2.15. The minimum absolute atomic E-state index is 0.302. The SMILES string of the molecule is NNC(=NC1CCCC1)Nc1cc(F)ccc1Br. The normalized spacial score (nSPS) is 16.9. The van der Waals surface area contributed by atoms with Crippen LogP contribution in [0.25, 0.3) is 0 Å². The number of hydrazine groups is 1. The van der Waals surface area contributed by atoms with Gasteiger partial charge >= 0.3 is 0 Å². The summed E-state index contributed by atoms with van der Waals surface area (Å²) >= 11 is 3.35. The Balaban J connectivity index is 2.11. The zero-order valence-electron chi connectivity index (χ0n) is 9.92. The molecule has 0 amide bonds. The Morgan fingerprint density at radius 2 is 2.11 bits per heavy atom. The number of benzene rings is 1. The van der Waals surface area contributed by atoms with Crippen molar-refractivity contribution in [1.29, 1.82) is 0 Å². The van der Waals surface area contributed by atoms with E-state index in [2.05, 4.69) is 31.7 Å². The van der Waals surface area contributed by atoms with Crippen LogP contribution in [-0.4, -0.2) is 12.0 Å². The number of nitrogens with one attached hydrogen (secondary N) is 2. The lowest BCUT2D eigenvalue weighted by Crippen LogP contribution is -2.37. The van der Waals surface area contributed by atoms with Crippen LogP contribution >= 0.6 is 15.9 Å². The van der Waals surface area contributed by atoms with Gasteiger partial charge in [-0.3, -0.25) is 5.43 Å². The monoisotopic (exact) mass is 314 g/mol. The topological polar surface area (TPSA) is 62.4 Å². The molecule has 6 heteroatoms. The van der Waals surface area contributed by atoms with E-state index in [9.17, 15) is 4.39 Å². The molecule has 0 atom stereocenters. The van der Waals surface area contributed by atoms with E-state index in [1.54, 1.807) is 6.07 Å². The maximum Gasteiger partial charge on any atom is 0.210 e. The summed E-state index contributed by atoms with van der Waals surface area (Å²) in [6.07, 6.45) is 4.57. The fourth-order valence-corrected chi connectivity index (χ4v) is 2.39. The van der Waals surface area contributed by atoms with Gasteiger partial charge in [-0.1, -0.05) is 12.8 Å². The van der Waals surface area contributed by atoms with Crippen molar-refractivity contribution in [3.05, 3.63) is 28.5 Å². The summed E-state index contributed by atoms with van der Waals surface area (Å²) < 4.78 is 13.9. The fourth-order valence-electron chi connectivity index (χ4n) is 2.04. The van der Waals surface area contributed by atoms with Gasteiger partial charge in [0.2, 0.25) is 5.96 Å². The van der Waals surface area contributed by atoms with Crippen LogP contribution in [0.2, 0.25) is 0 Å². The molecule has 4 nitrogen and oxygen atoms in total. The molecule has 1 saturated carbocycles. The van der Waals surface area contributed by atoms with Crippen LogP contribution in [0.5, 0.6) is 0 Å². The summed E-state index contributed by atoms with van der Waals surface area (Å²) in [5, 5.41) is 2.99. The number of hydrogen-bond donors (Lipinski definition) is 3. The van der Waals surface area contributed by atoms with Crippen molar-refractivity contribution in [2.75, 3.05) is 5.32 Å². The van der Waals surface area contributed by atoms with Crippen molar-refractivity contribution in [1.82, 2.24) is 5.43 Å². The summed E-state index contributed by atoms with van der Waals surface area (Å²) in [5.74, 6) is 5.59. The van der Waals surface area contributed by atoms with Crippen molar-refractivity contribution in [3.63, 3.8) is 0 Å². The van der Waals surface area contributed by atoms with Gasteiger partial charge in [0.25, 0.3) is 0 Å². The first kappa shape index (κ1) is 13.3. The molecule has 1 aliphatic rings. The van der Waals surface area contributed by atoms with Crippen LogP contribution in [0.3, 0.4) is 0 Å². The highest BCUT2D eigenvalue weighted by Crippen LogP contribution is 2.24. The third kappa shape index (κ3) is 3.43. The van der Waals surface area contributed by atoms with Crippen LogP contribution < -0.4 is 16.6 Å². The average molecular weight is 315 g/mol. The van der Waals surface area contributed by atoms with Gasteiger partial charge in [-0.15, -0.1) is 0 Å². The molecule has 98 valence electrons. The van der Waals surface area contributed by atoms with E-state index in [4.69, 9.17) is 5.84 Å². The highest BCUT2D eigenvalue weighted by molar-refractivity contribution is 9.10. The van der Waals surface area contributed by atoms with E-state index >= 15 is 0 Å². The molecule has 4 N–H and O–H groups in total. The van der Waals surface area contributed by atoms with Crippen molar-refractivity contribution in [3.8, 4) is 0 Å². The van der Waals surface area contributed by atoms with E-state index in [0.29, 0.717) is 17.7 Å². The van der Waals surface area contributed by atoms with Gasteiger partial charge in [0, 0.05) is 4.47 Å². The Morgan fingerprint density at radius 3 is 2.78 bits per heavy atom. The molecule has 0 bridgehead atoms. The molecule has 0 aromatic heterocycles. The minimum Gasteiger partial charge on any atom is -0.324 e. The van der Waals surface area contributed by atoms with Crippen LogP contribution in [0.1, 0.15) is 25.7 Å². The second kappa shape index (κ2) is 6.15. The molecule has 0 spiro atoms. The van der Waals surface area contributed by atoms with Crippen LogP contribution in [0.15, 0.2) is 27.7 Å². The molecular formula is C12H16BrFN4. The molecule has 0 heterocycles. The Hall–Kier alpha value is -1.14. The highest BCUT2D eigenvalue weighted by atomic mass is 79.9. The van der Waals surface area contributed by atoms with E-state index in [-0.39, 0.29) is 5.82 Å². The Morgan fingerprint density at radius 1 is 1.39 bits per heavy atom. The van der Waals surface area contributed by atoms with Gasteiger partial charge in [0.15, 0.2) is 0 Å². The summed E-state index contributed by atoms with van der Waals surface area (Å²) in [7, 11) is 0. The summed E-state index contributed by atoms with van der Waals surface area (Å²) in [4.78, 5) is 4.49. The van der Waals surface area contributed by atoms with Crippen molar-refractivity contribution in [2.45, 2.75) is 31.7 Å². The molecule has 18 heavy (non-hydrogen) atoms. The zero-order chi connectivity index (χ0) is 13.0. The Kier molecular flexibility index (Phi) is 4.54. The van der Waals surface area contributed by atoms with Gasteiger partial charge < -0.3 is 5.32 Å². The maximum absolute atomic E-state index is 13.2. The predicted octanol–water partition coefficient (Wildman–Crippen LogP) is 2.76. The number of aliphatic imine (C=N–C) groups is 1. The smallest absolute Gasteiger partial charge is 0.210 e. The van der Waals surface area contributed by atoms with Gasteiger partial charge in [0.05, 0.1) is 11.7 Å². The number of nitrogens with two attached hydrogens (primary N) is 1. The van der Waals surface area contributed by atoms with Gasteiger partial charge in [0.1, 0.15) is 5.82 Å². The number of guanidine groups is 1. The van der Waals surface area contributed by atoms with E-state index < -0.39 is 0 Å². The first-order valence-electron chi connectivity index (χ1n) is 5.95. The molecule has 1 fully saturated rings. The summed E-state index contributed by atoms with van der Waals surface area (Å²) in [6, 6.07) is 4.72. The van der Waals surface area contributed by atoms with Crippen LogP contribution in [0, 0.1) is 5.82 Å². The van der Waals surface area contributed by atoms with E-state index in [0.717, 1.165) is 17.3 Å². The quantitative estimate of drug-likeness (QED) is 0.340. The van der Waals surface area contributed by atoms with Gasteiger partial charge in [-0.2, -0.15) is 0 Å². The van der Waals surface area contributed by atoms with E-state index in [1.165, 1.54) is 25.0 Å². The molecule has 2 rings (SSSR count). The van der Waals surface area contributed by atoms with Crippen LogP contribution in [-0.2, 0) is 0 Å². The lowest BCUT2D eigenvalue weighted by molar-refractivity contribution is 0.628. The number of halogens is 2. The molecular weight excluding hydrogens is 299 g/mol. The molecule has 1 aromatic carbocycles. The number of anilines is 1. The molecule has 0 unspecified atom stereocenters. The molecule has 0 saturated heterocycles. The molecule has 0 radical (unpaired) electrons. The standard InChI is InChI=1S/C12H16BrFN4/c13-10-6-5-8(14)7-11(10)17-12(18-15)16-9-3-1-2-4-9/h5-7,9H,1-4,15H2,(H2,16,17,18). The minimum atomic E-state index is -0.307. The van der Waals surface area contributed by atoms with Gasteiger partial charge in [-0.05, 0) is 47.0 Å². The Bertz CT molecular complexity index is 444. The predicted molar refractivity (Wildman–Crippen MR) is 74.7 cm³/mol. The lowest BCUT2D eigenvalue weighted by atomic mass is 10.3. The third-order valence-electron chi connectivity index (χ3n) is 2.95. The second-order valence-corrected chi connectivity index (χ2v) is 5.16. The van der Waals surface area contributed by atoms with Crippen molar-refractivity contribution in [2.24, 2.45) is 10.8 Å². The van der Waals surface area contributed by atoms with E-state index in [1.807, 2.05) is 0 Å². The van der Waals surface area contributed by atoms with Crippen molar-refractivity contribution >= 4 is 27.6 Å². The van der Waals surface area contributed by atoms with Crippen molar-refractivity contribution < 1.29 is 4.39 Å². The lowest BCUT2D eigenvalue weighted by Gasteiger charge is -2.13. The summed E-state index contributed by atoms with van der Waals surface area (Å²) in [5.41, 5.74) is 3.12. The van der Waals surface area contributed by atoms with Crippen LogP contribution in [0.4, 0.5) is 10.1 Å². The molecule has 0 aliphatic heterocycles. The first-order valence-corrected chi connectivity index (χ1v) is 6.75. The third-order valence-corrected chi connectivity index (χ3v) is 3.65. The Labute approximate surface area is 114 Å². The number of rotatable bonds is 2. The average Bonchev–Trinajstić information content (AvgIpc) is 2.85. The fraction of sp³-hybridized carbons (Fsp3) is 0.417.